The Hall–Kier alpha value is -4.11. The van der Waals surface area contributed by atoms with Crippen molar-refractivity contribution >= 4 is 28.0 Å². The molecule has 0 spiro atoms. The van der Waals surface area contributed by atoms with Crippen LogP contribution < -0.4 is 10.4 Å². The van der Waals surface area contributed by atoms with E-state index in [0.29, 0.717) is 7.35 Å². The fourth-order valence-electron chi connectivity index (χ4n) is 10.3. The Balaban J connectivity index is 1.39. The average Bonchev–Trinajstić information content (AvgIpc) is 3.82. The van der Waals surface area contributed by atoms with Gasteiger partial charge in [0.05, 0.1) is 0 Å². The summed E-state index contributed by atoms with van der Waals surface area (Å²) in [5.74, 6) is 0. The second kappa shape index (κ2) is 14.1. The van der Waals surface area contributed by atoms with E-state index in [1.54, 1.807) is 10.4 Å². The molecule has 2 heteroatoms. The van der Waals surface area contributed by atoms with Crippen molar-refractivity contribution in [2.45, 2.75) is 82.9 Å². The molecule has 0 bridgehead atoms. The maximum atomic E-state index is 2.87. The predicted octanol–water partition coefficient (Wildman–Crippen LogP) is 13.7. The summed E-state index contributed by atoms with van der Waals surface area (Å²) in [5.41, 5.74) is 15.8. The molecule has 0 amide bonds. The molecule has 2 atom stereocenters. The summed E-state index contributed by atoms with van der Waals surface area (Å²) in [6, 6.07) is 52.0. The molecule has 8 rings (SSSR count). The third-order valence-corrected chi connectivity index (χ3v) is 62.5. The van der Waals surface area contributed by atoms with E-state index >= 15 is 0 Å². The first-order chi connectivity index (χ1) is 26.6. The molecule has 0 aliphatic heterocycles. The third kappa shape index (κ3) is 6.46. The minimum absolute atomic E-state index is 0.116. The Morgan fingerprint density at radius 3 is 1.20 bits per heavy atom. The molecule has 56 heavy (non-hydrogen) atoms. The van der Waals surface area contributed by atoms with Gasteiger partial charge in [-0.2, -0.15) is 0 Å². The van der Waals surface area contributed by atoms with Crippen LogP contribution in [0.3, 0.4) is 0 Å². The van der Waals surface area contributed by atoms with Crippen molar-refractivity contribution in [1.29, 1.82) is 0 Å². The van der Waals surface area contributed by atoms with Crippen molar-refractivity contribution in [3.63, 3.8) is 0 Å². The van der Waals surface area contributed by atoms with Gasteiger partial charge in [-0.15, -0.1) is 0 Å². The van der Waals surface area contributed by atoms with Gasteiger partial charge in [-0.1, -0.05) is 0 Å². The molecule has 282 valence electrons. The second-order valence-corrected chi connectivity index (χ2v) is 63.0. The molecule has 6 aromatic carbocycles. The molecule has 0 saturated carbocycles. The fraction of sp³-hybridized carbons (Fsp3) is 0.259. The summed E-state index contributed by atoms with van der Waals surface area (Å²) in [7, 11) is 0. The van der Waals surface area contributed by atoms with Gasteiger partial charge in [-0.3, -0.25) is 0 Å². The van der Waals surface area contributed by atoms with Crippen LogP contribution in [0.5, 0.6) is 0 Å². The Kier molecular flexibility index (Phi) is 9.73. The predicted molar refractivity (Wildman–Crippen MR) is 244 cm³/mol. The van der Waals surface area contributed by atoms with E-state index in [9.17, 15) is 0 Å². The van der Waals surface area contributed by atoms with Crippen molar-refractivity contribution in [1.82, 2.24) is 0 Å². The Morgan fingerprint density at radius 1 is 0.446 bits per heavy atom. The standard InChI is InChI=1S/2C20H21.C12H10Si.2CH3.Hf/c2*1-14-13-16(20(2,3)4)11-12-17(14)19-10-6-8-15-7-5-9-18(15)19;1-3-7-11(8-4-1)13-12-9-5-2-6-10-12;;;/h2*5-13H,1-4H3;1-10H;2*1H3;. The van der Waals surface area contributed by atoms with E-state index < -0.39 is 22.6 Å². The van der Waals surface area contributed by atoms with Crippen LogP contribution >= 0.6 is 0 Å². The van der Waals surface area contributed by atoms with Crippen LogP contribution in [-0.4, -0.2) is 5.49 Å². The van der Waals surface area contributed by atoms with Crippen molar-refractivity contribution < 1.29 is 17.1 Å². The molecule has 0 heterocycles. The normalized spacial score (nSPS) is 16.6. The maximum absolute atomic E-state index is 4.48. The molecule has 2 aliphatic rings. The zero-order valence-electron chi connectivity index (χ0n) is 35.2. The SMILES string of the molecule is Cc1cc(C(C)(C)C)ccc1-c1cccc2c1C=C[CH]2[Hf]([CH3])([CH3])([CH]1C=Cc2c(-c3ccc(C(C)(C)C)cc3C)cccc21)=[Si](c1ccccc1)c1ccccc1. The van der Waals surface area contributed by atoms with Crippen molar-refractivity contribution in [3.8, 4) is 22.3 Å². The Labute approximate surface area is 338 Å². The van der Waals surface area contributed by atoms with Crippen LogP contribution in [-0.2, 0) is 28.0 Å². The molecule has 0 radical (unpaired) electrons. The monoisotopic (exact) mass is 914 g/mol. The number of allylic oxidation sites excluding steroid dienone is 2. The number of aryl methyl sites for hydroxylation is 2. The van der Waals surface area contributed by atoms with Gasteiger partial charge in [-0.25, -0.2) is 0 Å². The van der Waals surface area contributed by atoms with Gasteiger partial charge < -0.3 is 0 Å². The number of fused-ring (bicyclic) bond motifs is 2. The summed E-state index contributed by atoms with van der Waals surface area (Å²) >= 11 is -4.48. The van der Waals surface area contributed by atoms with Crippen LogP contribution in [0.2, 0.25) is 9.36 Å². The molecule has 0 saturated heterocycles. The van der Waals surface area contributed by atoms with Gasteiger partial charge in [-0.05, 0) is 0 Å². The van der Waals surface area contributed by atoms with Gasteiger partial charge in [0.15, 0.2) is 0 Å². The number of hydrogen-bond donors (Lipinski definition) is 0. The van der Waals surface area contributed by atoms with Crippen LogP contribution in [0, 0.1) is 13.8 Å². The Bertz CT molecular complexity index is 2440. The average molecular weight is 914 g/mol. The molecule has 0 aromatic heterocycles. The quantitative estimate of drug-likeness (QED) is 0.146. The first-order valence-electron chi connectivity index (χ1n) is 20.6. The number of hydrogen-bond acceptors (Lipinski definition) is 0. The molecule has 2 unspecified atom stereocenters. The molecule has 2 aliphatic carbocycles. The van der Waals surface area contributed by atoms with E-state index in [1.807, 2.05) is 0 Å². The number of benzene rings is 6. The summed E-state index contributed by atoms with van der Waals surface area (Å²) in [5, 5.41) is 3.09. The van der Waals surface area contributed by atoms with Crippen molar-refractivity contribution in [2.75, 3.05) is 0 Å². The molecule has 0 fully saturated rings. The van der Waals surface area contributed by atoms with Gasteiger partial charge in [0.25, 0.3) is 0 Å². The molecular formula is C54H58HfSi. The van der Waals surface area contributed by atoms with Crippen molar-refractivity contribution in [3.05, 3.63) is 190 Å². The fourth-order valence-corrected chi connectivity index (χ4v) is 63.2. The van der Waals surface area contributed by atoms with Gasteiger partial charge in [0, 0.05) is 0 Å². The molecule has 0 nitrogen and oxygen atoms in total. The summed E-state index contributed by atoms with van der Waals surface area (Å²) in [6.07, 6.45) is 10.4. The van der Waals surface area contributed by atoms with E-state index in [1.165, 1.54) is 66.8 Å². The van der Waals surface area contributed by atoms with Crippen LogP contribution in [0.25, 0.3) is 34.4 Å². The van der Waals surface area contributed by atoms with Crippen LogP contribution in [0.15, 0.2) is 146 Å². The van der Waals surface area contributed by atoms with E-state index in [4.69, 9.17) is 0 Å². The van der Waals surface area contributed by atoms with E-state index in [2.05, 4.69) is 223 Å². The van der Waals surface area contributed by atoms with Crippen molar-refractivity contribution in [2.24, 2.45) is 0 Å². The summed E-state index contributed by atoms with van der Waals surface area (Å²) in [4.78, 5) is 0. The van der Waals surface area contributed by atoms with E-state index in [-0.39, 0.29) is 10.8 Å². The van der Waals surface area contributed by atoms with Gasteiger partial charge in [0.2, 0.25) is 0 Å². The van der Waals surface area contributed by atoms with Gasteiger partial charge in [0.1, 0.15) is 0 Å². The molecular weight excluding hydrogens is 855 g/mol. The van der Waals surface area contributed by atoms with Crippen LogP contribution in [0.1, 0.15) is 93.4 Å². The minimum atomic E-state index is -4.48. The van der Waals surface area contributed by atoms with Crippen LogP contribution in [0.4, 0.5) is 0 Å². The van der Waals surface area contributed by atoms with E-state index in [0.717, 1.165) is 0 Å². The van der Waals surface area contributed by atoms with Gasteiger partial charge >= 0.3 is 340 Å². The Morgan fingerprint density at radius 2 is 0.839 bits per heavy atom. The third-order valence-electron chi connectivity index (χ3n) is 13.5. The zero-order chi connectivity index (χ0) is 39.6. The second-order valence-electron chi connectivity index (χ2n) is 19.6. The first kappa shape index (κ1) is 38.7. The first-order valence-corrected chi connectivity index (χ1v) is 38.8. The molecule has 6 aromatic rings. The summed E-state index contributed by atoms with van der Waals surface area (Å²) < 4.78 is 6.49. The topological polar surface area (TPSA) is 0 Å². The molecule has 0 N–H and O–H groups in total. The number of rotatable bonds is 6. The summed E-state index contributed by atoms with van der Waals surface area (Å²) in [6.45, 7) is 18.5. The zero-order valence-corrected chi connectivity index (χ0v) is 39.8.